The highest BCUT2D eigenvalue weighted by Gasteiger charge is 2.37. The number of amides is 2. The third-order valence-corrected chi connectivity index (χ3v) is 6.21. The van der Waals surface area contributed by atoms with E-state index in [1.165, 1.54) is 18.2 Å². The van der Waals surface area contributed by atoms with Crippen LogP contribution in [0.25, 0.3) is 0 Å². The lowest BCUT2D eigenvalue weighted by Gasteiger charge is -2.40. The topological polar surface area (TPSA) is 73.6 Å². The van der Waals surface area contributed by atoms with Gasteiger partial charge in [0.05, 0.1) is 19.1 Å². The molecular weight excluding hydrogens is 354 g/mol. The van der Waals surface area contributed by atoms with Crippen LogP contribution < -0.4 is 0 Å². The quantitative estimate of drug-likeness (QED) is 0.735. The lowest BCUT2D eigenvalue weighted by atomic mass is 9.83. The molecule has 2 aliphatic heterocycles. The van der Waals surface area contributed by atoms with Crippen molar-refractivity contribution in [2.45, 2.75) is 39.0 Å². The monoisotopic (exact) mass is 383 g/mol. The van der Waals surface area contributed by atoms with Crippen LogP contribution in [0.5, 0.6) is 0 Å². The molecule has 2 atom stereocenters. The first-order chi connectivity index (χ1) is 13.4. The molecule has 0 aliphatic carbocycles. The van der Waals surface area contributed by atoms with E-state index in [0.29, 0.717) is 32.6 Å². The largest absolute Gasteiger partial charge is 0.469 e. The van der Waals surface area contributed by atoms with Crippen molar-refractivity contribution in [2.24, 2.45) is 11.8 Å². The standard InChI is InChI=1S/C22H29N3O3/c1-15-4-5-18(10-16(15)2)19-11-20(21(26)28-3)14-25(13-19)22(27)24-8-6-17(12-23)7-9-24/h4-5,10,17,19-20H,6-9,11,13-14H2,1-3H3. The molecule has 0 bridgehead atoms. The van der Waals surface area contributed by atoms with Gasteiger partial charge in [-0.05, 0) is 49.8 Å². The smallest absolute Gasteiger partial charge is 0.320 e. The maximum absolute atomic E-state index is 13.1. The van der Waals surface area contributed by atoms with Gasteiger partial charge in [-0.1, -0.05) is 18.2 Å². The van der Waals surface area contributed by atoms with Gasteiger partial charge in [-0.25, -0.2) is 4.79 Å². The van der Waals surface area contributed by atoms with Crippen LogP contribution in [0.1, 0.15) is 41.9 Å². The fourth-order valence-corrected chi connectivity index (χ4v) is 4.25. The van der Waals surface area contributed by atoms with Crippen LogP contribution in [0.15, 0.2) is 18.2 Å². The van der Waals surface area contributed by atoms with Crippen LogP contribution >= 0.6 is 0 Å². The number of urea groups is 1. The number of likely N-dealkylation sites (tertiary alicyclic amines) is 2. The number of piperidine rings is 2. The van der Waals surface area contributed by atoms with E-state index in [1.54, 1.807) is 4.90 Å². The summed E-state index contributed by atoms with van der Waals surface area (Å²) in [6.07, 6.45) is 2.13. The predicted molar refractivity (Wildman–Crippen MR) is 106 cm³/mol. The molecule has 1 aromatic carbocycles. The summed E-state index contributed by atoms with van der Waals surface area (Å²) in [6, 6.07) is 8.64. The summed E-state index contributed by atoms with van der Waals surface area (Å²) < 4.78 is 4.99. The first-order valence-corrected chi connectivity index (χ1v) is 10.0. The minimum absolute atomic E-state index is 0.0289. The highest BCUT2D eigenvalue weighted by Crippen LogP contribution is 2.33. The zero-order chi connectivity index (χ0) is 20.3. The molecule has 2 unspecified atom stereocenters. The van der Waals surface area contributed by atoms with Crippen molar-refractivity contribution in [1.82, 2.24) is 9.80 Å². The fourth-order valence-electron chi connectivity index (χ4n) is 4.25. The number of ether oxygens (including phenoxy) is 1. The number of nitriles is 1. The van der Waals surface area contributed by atoms with Crippen LogP contribution in [0.4, 0.5) is 4.79 Å². The summed E-state index contributed by atoms with van der Waals surface area (Å²) in [5.74, 6) is -0.422. The molecule has 2 saturated heterocycles. The number of nitrogens with zero attached hydrogens (tertiary/aromatic N) is 3. The molecule has 0 aromatic heterocycles. The SMILES string of the molecule is COC(=O)C1CC(c2ccc(C)c(C)c2)CN(C(=O)N2CCC(C#N)CC2)C1. The van der Waals surface area contributed by atoms with Gasteiger partial charge in [-0.3, -0.25) is 4.79 Å². The molecule has 3 rings (SSSR count). The van der Waals surface area contributed by atoms with Crippen molar-refractivity contribution in [3.05, 3.63) is 34.9 Å². The van der Waals surface area contributed by atoms with Crippen molar-refractivity contribution in [3.63, 3.8) is 0 Å². The summed E-state index contributed by atoms with van der Waals surface area (Å²) >= 11 is 0. The molecule has 1 aromatic rings. The Morgan fingerprint density at radius 2 is 1.82 bits per heavy atom. The molecule has 0 radical (unpaired) electrons. The minimum atomic E-state index is -0.314. The minimum Gasteiger partial charge on any atom is -0.469 e. The zero-order valence-corrected chi connectivity index (χ0v) is 17.0. The Morgan fingerprint density at radius 1 is 1.11 bits per heavy atom. The Morgan fingerprint density at radius 3 is 2.43 bits per heavy atom. The summed E-state index contributed by atoms with van der Waals surface area (Å²) in [4.78, 5) is 29.0. The van der Waals surface area contributed by atoms with E-state index in [4.69, 9.17) is 10.00 Å². The Kier molecular flexibility index (Phi) is 6.23. The van der Waals surface area contributed by atoms with Crippen LogP contribution in [0.2, 0.25) is 0 Å². The first kappa shape index (κ1) is 20.2. The number of carbonyl (C=O) groups excluding carboxylic acids is 2. The van der Waals surface area contributed by atoms with E-state index >= 15 is 0 Å². The van der Waals surface area contributed by atoms with Gasteiger partial charge in [0, 0.05) is 38.0 Å². The van der Waals surface area contributed by atoms with E-state index < -0.39 is 0 Å². The number of hydrogen-bond acceptors (Lipinski definition) is 4. The van der Waals surface area contributed by atoms with E-state index in [2.05, 4.69) is 38.1 Å². The maximum Gasteiger partial charge on any atom is 0.320 e. The number of benzene rings is 1. The molecule has 150 valence electrons. The summed E-state index contributed by atoms with van der Waals surface area (Å²) in [5, 5.41) is 9.07. The number of carbonyl (C=O) groups is 2. The molecule has 2 fully saturated rings. The van der Waals surface area contributed by atoms with Gasteiger partial charge in [0.25, 0.3) is 0 Å². The van der Waals surface area contributed by atoms with Gasteiger partial charge in [-0.2, -0.15) is 5.26 Å². The fraction of sp³-hybridized carbons (Fsp3) is 0.591. The average Bonchev–Trinajstić information content (AvgIpc) is 2.74. The van der Waals surface area contributed by atoms with E-state index in [1.807, 2.05) is 4.90 Å². The molecule has 0 N–H and O–H groups in total. The van der Waals surface area contributed by atoms with E-state index in [0.717, 1.165) is 18.4 Å². The third kappa shape index (κ3) is 4.30. The zero-order valence-electron chi connectivity index (χ0n) is 17.0. The van der Waals surface area contributed by atoms with Crippen molar-refractivity contribution in [3.8, 4) is 6.07 Å². The van der Waals surface area contributed by atoms with Gasteiger partial charge >= 0.3 is 12.0 Å². The maximum atomic E-state index is 13.1. The average molecular weight is 383 g/mol. The summed E-state index contributed by atoms with van der Waals surface area (Å²) in [7, 11) is 1.40. The summed E-state index contributed by atoms with van der Waals surface area (Å²) in [5.41, 5.74) is 3.62. The number of rotatable bonds is 2. The molecule has 0 saturated carbocycles. The normalized spacial score (nSPS) is 23.2. The van der Waals surface area contributed by atoms with E-state index in [-0.39, 0.29) is 29.8 Å². The molecule has 28 heavy (non-hydrogen) atoms. The lowest BCUT2D eigenvalue weighted by molar-refractivity contribution is -0.147. The molecule has 0 spiro atoms. The molecule has 2 amide bonds. The van der Waals surface area contributed by atoms with Crippen LogP contribution in [-0.2, 0) is 9.53 Å². The van der Waals surface area contributed by atoms with Crippen LogP contribution in [-0.4, -0.2) is 55.1 Å². The van der Waals surface area contributed by atoms with E-state index in [9.17, 15) is 9.59 Å². The number of methoxy groups -OCH3 is 1. The second kappa shape index (κ2) is 8.64. The van der Waals surface area contributed by atoms with Gasteiger partial charge in [-0.15, -0.1) is 0 Å². The van der Waals surface area contributed by atoms with Gasteiger partial charge in [0.1, 0.15) is 0 Å². The first-order valence-electron chi connectivity index (χ1n) is 10.0. The Bertz CT molecular complexity index is 778. The third-order valence-electron chi connectivity index (χ3n) is 6.21. The van der Waals surface area contributed by atoms with Gasteiger partial charge in [0.2, 0.25) is 0 Å². The molecule has 2 heterocycles. The van der Waals surface area contributed by atoms with Crippen molar-refractivity contribution >= 4 is 12.0 Å². The second-order valence-electron chi connectivity index (χ2n) is 8.07. The molecule has 6 nitrogen and oxygen atoms in total. The number of esters is 1. The molecular formula is C22H29N3O3. The highest BCUT2D eigenvalue weighted by atomic mass is 16.5. The van der Waals surface area contributed by atoms with Crippen LogP contribution in [0, 0.1) is 37.0 Å². The Balaban J connectivity index is 1.78. The van der Waals surface area contributed by atoms with Gasteiger partial charge < -0.3 is 14.5 Å². The Hall–Kier alpha value is -2.55. The van der Waals surface area contributed by atoms with Crippen molar-refractivity contribution in [2.75, 3.05) is 33.3 Å². The second-order valence-corrected chi connectivity index (χ2v) is 8.07. The van der Waals surface area contributed by atoms with Crippen LogP contribution in [0.3, 0.4) is 0 Å². The lowest BCUT2D eigenvalue weighted by Crippen LogP contribution is -2.52. The molecule has 6 heteroatoms. The van der Waals surface area contributed by atoms with Gasteiger partial charge in [0.15, 0.2) is 0 Å². The van der Waals surface area contributed by atoms with Crippen molar-refractivity contribution < 1.29 is 14.3 Å². The number of aryl methyl sites for hydroxylation is 2. The highest BCUT2D eigenvalue weighted by molar-refractivity contribution is 5.78. The van der Waals surface area contributed by atoms with Crippen molar-refractivity contribution in [1.29, 1.82) is 5.26 Å². The predicted octanol–water partition coefficient (Wildman–Crippen LogP) is 3.24. The number of hydrogen-bond donors (Lipinski definition) is 0. The summed E-state index contributed by atoms with van der Waals surface area (Å²) in [6.45, 7) is 6.37. The molecule has 2 aliphatic rings. The Labute approximate surface area is 167 Å².